The lowest BCUT2D eigenvalue weighted by Crippen LogP contribution is -1.97. The van der Waals surface area contributed by atoms with Crippen molar-refractivity contribution in [3.63, 3.8) is 0 Å². The van der Waals surface area contributed by atoms with E-state index in [1.165, 1.54) is 4.88 Å². The highest BCUT2D eigenvalue weighted by atomic mass is 79.9. The molecule has 0 amide bonds. The summed E-state index contributed by atoms with van der Waals surface area (Å²) in [5, 5.41) is 5.33. The van der Waals surface area contributed by atoms with Crippen LogP contribution < -0.4 is 5.32 Å². The number of thiazole rings is 1. The molecule has 0 bridgehead atoms. The molecule has 3 nitrogen and oxygen atoms in total. The molecule has 2 rings (SSSR count). The lowest BCUT2D eigenvalue weighted by Gasteiger charge is -2.00. The summed E-state index contributed by atoms with van der Waals surface area (Å²) in [6, 6.07) is 3.93. The van der Waals surface area contributed by atoms with Crippen LogP contribution in [-0.4, -0.2) is 16.5 Å². The molecule has 2 aromatic rings. The second kappa shape index (κ2) is 7.11. The molecule has 0 aliphatic rings. The summed E-state index contributed by atoms with van der Waals surface area (Å²) in [5.41, 5.74) is 0. The van der Waals surface area contributed by atoms with E-state index in [1.807, 2.05) is 24.5 Å². The molecule has 0 aliphatic carbocycles. The Bertz CT molecular complexity index is 502. The van der Waals surface area contributed by atoms with Crippen molar-refractivity contribution in [2.24, 2.45) is 0 Å². The van der Waals surface area contributed by atoms with Gasteiger partial charge in [0.1, 0.15) is 5.03 Å². The molecular formula is C12H14BrN3S2. The van der Waals surface area contributed by atoms with Gasteiger partial charge in [0.25, 0.3) is 0 Å². The Kier molecular flexibility index (Phi) is 5.46. The summed E-state index contributed by atoms with van der Waals surface area (Å²) < 4.78 is 1.05. The van der Waals surface area contributed by atoms with Crippen LogP contribution in [0, 0.1) is 0 Å². The first-order chi connectivity index (χ1) is 8.79. The van der Waals surface area contributed by atoms with Crippen molar-refractivity contribution in [3.05, 3.63) is 33.9 Å². The number of nitrogens with zero attached hydrogens (tertiary/aromatic N) is 2. The number of thioether (sulfide) groups is 1. The summed E-state index contributed by atoms with van der Waals surface area (Å²) >= 11 is 6.94. The van der Waals surface area contributed by atoms with Crippen LogP contribution >= 0.6 is 39.0 Å². The zero-order valence-corrected chi connectivity index (χ0v) is 13.2. The van der Waals surface area contributed by atoms with Gasteiger partial charge < -0.3 is 5.32 Å². The Labute approximate surface area is 124 Å². The zero-order valence-electron chi connectivity index (χ0n) is 10.0. The normalized spacial score (nSPS) is 10.6. The molecule has 2 aromatic heterocycles. The predicted octanol–water partition coefficient (Wildman–Crippen LogP) is 4.41. The number of rotatable bonds is 6. The Balaban J connectivity index is 1.90. The molecular weight excluding hydrogens is 330 g/mol. The Morgan fingerprint density at radius 1 is 1.44 bits per heavy atom. The maximum atomic E-state index is 4.35. The maximum absolute atomic E-state index is 4.35. The van der Waals surface area contributed by atoms with Crippen molar-refractivity contribution in [2.75, 3.05) is 11.9 Å². The fourth-order valence-corrected chi connectivity index (χ4v) is 3.64. The van der Waals surface area contributed by atoms with Gasteiger partial charge in [-0.1, -0.05) is 18.7 Å². The number of aromatic nitrogens is 2. The van der Waals surface area contributed by atoms with Crippen molar-refractivity contribution in [3.8, 4) is 0 Å². The van der Waals surface area contributed by atoms with E-state index in [4.69, 9.17) is 0 Å². The van der Waals surface area contributed by atoms with E-state index in [0.29, 0.717) is 0 Å². The first-order valence-electron chi connectivity index (χ1n) is 5.71. The second-order valence-corrected chi connectivity index (χ2v) is 6.57. The molecule has 0 saturated carbocycles. The maximum Gasteiger partial charge on any atom is 0.182 e. The third kappa shape index (κ3) is 3.96. The van der Waals surface area contributed by atoms with Gasteiger partial charge in [0, 0.05) is 34.0 Å². The number of anilines is 1. The van der Waals surface area contributed by atoms with Gasteiger partial charge in [0.15, 0.2) is 5.13 Å². The number of nitrogens with one attached hydrogen (secondary N) is 1. The average molecular weight is 344 g/mol. The van der Waals surface area contributed by atoms with Crippen LogP contribution in [0.15, 0.2) is 34.0 Å². The highest BCUT2D eigenvalue weighted by molar-refractivity contribution is 9.10. The molecule has 2 heterocycles. The van der Waals surface area contributed by atoms with Crippen LogP contribution in [0.1, 0.15) is 18.2 Å². The van der Waals surface area contributed by atoms with Crippen LogP contribution in [0.2, 0.25) is 0 Å². The van der Waals surface area contributed by atoms with Crippen LogP contribution in [0.25, 0.3) is 0 Å². The first-order valence-corrected chi connectivity index (χ1v) is 8.31. The fraction of sp³-hybridized carbons (Fsp3) is 0.333. The molecule has 0 aromatic carbocycles. The van der Waals surface area contributed by atoms with Crippen molar-refractivity contribution in [2.45, 2.75) is 24.1 Å². The minimum absolute atomic E-state index is 0.904. The number of hydrogen-bond acceptors (Lipinski definition) is 5. The molecule has 0 radical (unpaired) electrons. The van der Waals surface area contributed by atoms with E-state index in [-0.39, 0.29) is 0 Å². The van der Waals surface area contributed by atoms with Gasteiger partial charge in [0.2, 0.25) is 0 Å². The summed E-state index contributed by atoms with van der Waals surface area (Å²) in [5.74, 6) is 0.904. The highest BCUT2D eigenvalue weighted by Gasteiger charge is 2.05. The molecule has 18 heavy (non-hydrogen) atoms. The minimum atomic E-state index is 0.904. The fourth-order valence-electron chi connectivity index (χ4n) is 1.30. The van der Waals surface area contributed by atoms with E-state index >= 15 is 0 Å². The Morgan fingerprint density at radius 2 is 2.33 bits per heavy atom. The van der Waals surface area contributed by atoms with Gasteiger partial charge in [-0.2, -0.15) is 0 Å². The van der Waals surface area contributed by atoms with Gasteiger partial charge in [-0.15, -0.1) is 11.3 Å². The molecule has 0 unspecified atom stereocenters. The highest BCUT2D eigenvalue weighted by Crippen LogP contribution is 2.30. The van der Waals surface area contributed by atoms with E-state index in [2.05, 4.69) is 38.1 Å². The van der Waals surface area contributed by atoms with E-state index in [1.54, 1.807) is 23.1 Å². The lowest BCUT2D eigenvalue weighted by atomic mass is 10.5. The van der Waals surface area contributed by atoms with E-state index < -0.39 is 0 Å². The smallest absolute Gasteiger partial charge is 0.182 e. The van der Waals surface area contributed by atoms with Crippen LogP contribution in [0.4, 0.5) is 5.13 Å². The van der Waals surface area contributed by atoms with E-state index in [0.717, 1.165) is 33.3 Å². The van der Waals surface area contributed by atoms with Crippen molar-refractivity contribution >= 4 is 44.2 Å². The standard InChI is InChI=1S/C12H14BrN3S2/c1-2-5-15-12-16-7-9(18-12)8-17-11-10(13)4-3-6-14-11/h3-4,6-7H,2,5,8H2,1H3,(H,15,16). The summed E-state index contributed by atoms with van der Waals surface area (Å²) in [6.07, 6.45) is 4.87. The monoisotopic (exact) mass is 343 g/mol. The minimum Gasteiger partial charge on any atom is -0.362 e. The van der Waals surface area contributed by atoms with Gasteiger partial charge >= 0.3 is 0 Å². The van der Waals surface area contributed by atoms with Gasteiger partial charge in [-0.25, -0.2) is 9.97 Å². The summed E-state index contributed by atoms with van der Waals surface area (Å²) in [6.45, 7) is 3.13. The topological polar surface area (TPSA) is 37.8 Å². The van der Waals surface area contributed by atoms with Gasteiger partial charge in [-0.3, -0.25) is 0 Å². The summed E-state index contributed by atoms with van der Waals surface area (Å²) in [7, 11) is 0. The van der Waals surface area contributed by atoms with E-state index in [9.17, 15) is 0 Å². The quantitative estimate of drug-likeness (QED) is 0.788. The molecule has 96 valence electrons. The van der Waals surface area contributed by atoms with Crippen molar-refractivity contribution < 1.29 is 0 Å². The molecule has 0 atom stereocenters. The Morgan fingerprint density at radius 3 is 3.11 bits per heavy atom. The van der Waals surface area contributed by atoms with Crippen LogP contribution in [0.3, 0.4) is 0 Å². The molecule has 0 fully saturated rings. The molecule has 0 aliphatic heterocycles. The number of halogens is 1. The zero-order chi connectivity index (χ0) is 12.8. The molecule has 6 heteroatoms. The van der Waals surface area contributed by atoms with Crippen LogP contribution in [0.5, 0.6) is 0 Å². The van der Waals surface area contributed by atoms with Crippen LogP contribution in [-0.2, 0) is 5.75 Å². The lowest BCUT2D eigenvalue weighted by molar-refractivity contribution is 0.976. The van der Waals surface area contributed by atoms with Crippen molar-refractivity contribution in [1.82, 2.24) is 9.97 Å². The SMILES string of the molecule is CCCNc1ncc(CSc2ncccc2Br)s1. The number of pyridine rings is 1. The average Bonchev–Trinajstić information content (AvgIpc) is 2.83. The molecule has 0 saturated heterocycles. The van der Waals surface area contributed by atoms with Gasteiger partial charge in [0.05, 0.1) is 0 Å². The third-order valence-electron chi connectivity index (χ3n) is 2.16. The van der Waals surface area contributed by atoms with Crippen molar-refractivity contribution in [1.29, 1.82) is 0 Å². The predicted molar refractivity (Wildman–Crippen MR) is 82.4 cm³/mol. The largest absolute Gasteiger partial charge is 0.362 e. The first kappa shape index (κ1) is 13.8. The molecule has 0 spiro atoms. The molecule has 1 N–H and O–H groups in total. The summed E-state index contributed by atoms with van der Waals surface area (Å²) in [4.78, 5) is 9.95. The third-order valence-corrected chi connectivity index (χ3v) is 5.25. The van der Waals surface area contributed by atoms with Gasteiger partial charge in [-0.05, 0) is 34.5 Å². The second-order valence-electron chi connectivity index (χ2n) is 3.64. The Hall–Kier alpha value is -0.590. The number of hydrogen-bond donors (Lipinski definition) is 1.